The van der Waals surface area contributed by atoms with Gasteiger partial charge in [-0.05, 0) is 38.3 Å². The van der Waals surface area contributed by atoms with Crippen molar-refractivity contribution < 1.29 is 4.79 Å². The molecule has 0 saturated heterocycles. The number of nitrogens with one attached hydrogen (secondary N) is 1. The fourth-order valence-electron chi connectivity index (χ4n) is 2.19. The molecule has 4 nitrogen and oxygen atoms in total. The van der Waals surface area contributed by atoms with Gasteiger partial charge in [-0.2, -0.15) is 0 Å². The molecule has 0 bridgehead atoms. The van der Waals surface area contributed by atoms with Gasteiger partial charge in [0.25, 0.3) is 5.91 Å². The van der Waals surface area contributed by atoms with E-state index in [-0.39, 0.29) is 11.4 Å². The lowest BCUT2D eigenvalue weighted by Crippen LogP contribution is -2.40. The van der Waals surface area contributed by atoms with Crippen LogP contribution < -0.4 is 5.32 Å². The van der Waals surface area contributed by atoms with Gasteiger partial charge in [-0.3, -0.25) is 4.79 Å². The molecule has 0 saturated carbocycles. The van der Waals surface area contributed by atoms with E-state index in [9.17, 15) is 4.79 Å². The number of aromatic nitrogens is 2. The molecule has 1 aromatic heterocycles. The molecule has 0 aliphatic heterocycles. The second kappa shape index (κ2) is 5.19. The molecule has 20 heavy (non-hydrogen) atoms. The number of nitrogens with zero attached hydrogens (tertiary/aromatic N) is 2. The van der Waals surface area contributed by atoms with Gasteiger partial charge in [0.1, 0.15) is 6.33 Å². The third kappa shape index (κ3) is 2.95. The summed E-state index contributed by atoms with van der Waals surface area (Å²) in [6, 6.07) is 3.85. The van der Waals surface area contributed by atoms with Crippen LogP contribution in [0.5, 0.6) is 0 Å². The molecule has 0 fully saturated rings. The lowest BCUT2D eigenvalue weighted by Gasteiger charge is -2.21. The second-order valence-corrected chi connectivity index (χ2v) is 6.35. The third-order valence-corrected chi connectivity index (χ3v) is 3.06. The number of rotatable bonds is 2. The maximum Gasteiger partial charge on any atom is 0.253 e. The van der Waals surface area contributed by atoms with Gasteiger partial charge in [0.15, 0.2) is 0 Å². The van der Waals surface area contributed by atoms with Crippen LogP contribution in [0.3, 0.4) is 0 Å². The Labute approximate surface area is 119 Å². The van der Waals surface area contributed by atoms with E-state index < -0.39 is 0 Å². The lowest BCUT2D eigenvalue weighted by atomic mass is 9.96. The monoisotopic (exact) mass is 271 g/mol. The Morgan fingerprint density at radius 2 is 1.95 bits per heavy atom. The van der Waals surface area contributed by atoms with Crippen molar-refractivity contribution in [1.82, 2.24) is 15.3 Å². The van der Waals surface area contributed by atoms with Crippen molar-refractivity contribution in [2.45, 2.75) is 46.1 Å². The van der Waals surface area contributed by atoms with Gasteiger partial charge in [-0.15, -0.1) is 0 Å². The lowest BCUT2D eigenvalue weighted by molar-refractivity contribution is 0.0921. The smallest absolute Gasteiger partial charge is 0.253 e. The van der Waals surface area contributed by atoms with Crippen LogP contribution in [0.2, 0.25) is 0 Å². The number of benzene rings is 1. The van der Waals surface area contributed by atoms with E-state index in [1.54, 1.807) is 6.20 Å². The average molecular weight is 271 g/mol. The van der Waals surface area contributed by atoms with Gasteiger partial charge in [-0.25, -0.2) is 9.97 Å². The van der Waals surface area contributed by atoms with Crippen molar-refractivity contribution in [3.05, 3.63) is 35.8 Å². The van der Waals surface area contributed by atoms with Crippen LogP contribution in [0.4, 0.5) is 0 Å². The molecule has 4 heteroatoms. The van der Waals surface area contributed by atoms with Crippen LogP contribution in [0.15, 0.2) is 24.7 Å². The quantitative estimate of drug-likeness (QED) is 0.912. The summed E-state index contributed by atoms with van der Waals surface area (Å²) in [5, 5.41) is 3.93. The largest absolute Gasteiger partial charge is 0.347 e. The van der Waals surface area contributed by atoms with E-state index in [0.717, 1.165) is 10.9 Å². The number of carbonyl (C=O) groups excluding carboxylic acids is 1. The van der Waals surface area contributed by atoms with Crippen LogP contribution in [0.1, 0.15) is 56.5 Å². The number of hydrogen-bond donors (Lipinski definition) is 1. The summed E-state index contributed by atoms with van der Waals surface area (Å²) < 4.78 is 0. The molecule has 0 radical (unpaired) electrons. The molecule has 1 heterocycles. The van der Waals surface area contributed by atoms with Gasteiger partial charge in [-0.1, -0.05) is 19.9 Å². The molecular formula is C16H21N3O. The van der Waals surface area contributed by atoms with Crippen molar-refractivity contribution in [3.63, 3.8) is 0 Å². The molecule has 0 spiro atoms. The standard InChI is InChI=1S/C16H21N3O/c1-10(2)11-6-7-12(15(20)19-16(3,4)5)14-13(11)8-17-9-18-14/h6-10H,1-5H3,(H,19,20). The van der Waals surface area contributed by atoms with Gasteiger partial charge in [0.2, 0.25) is 0 Å². The van der Waals surface area contributed by atoms with E-state index >= 15 is 0 Å². The molecule has 0 aliphatic rings. The first kappa shape index (κ1) is 14.4. The molecule has 2 aromatic rings. The Kier molecular flexibility index (Phi) is 3.75. The zero-order valence-electron chi connectivity index (χ0n) is 12.7. The minimum Gasteiger partial charge on any atom is -0.347 e. The van der Waals surface area contributed by atoms with Crippen molar-refractivity contribution in [1.29, 1.82) is 0 Å². The first-order valence-corrected chi connectivity index (χ1v) is 6.85. The first-order chi connectivity index (χ1) is 9.29. The third-order valence-electron chi connectivity index (χ3n) is 3.06. The molecule has 0 unspecified atom stereocenters. The Balaban J connectivity index is 2.56. The summed E-state index contributed by atoms with van der Waals surface area (Å²) in [6.07, 6.45) is 3.27. The van der Waals surface area contributed by atoms with Gasteiger partial charge < -0.3 is 5.32 Å². The van der Waals surface area contributed by atoms with Crippen molar-refractivity contribution in [2.24, 2.45) is 0 Å². The maximum absolute atomic E-state index is 12.4. The summed E-state index contributed by atoms with van der Waals surface area (Å²) in [5.41, 5.74) is 2.20. The minimum atomic E-state index is -0.271. The first-order valence-electron chi connectivity index (χ1n) is 6.85. The summed E-state index contributed by atoms with van der Waals surface area (Å²) >= 11 is 0. The summed E-state index contributed by atoms with van der Waals surface area (Å²) in [4.78, 5) is 20.8. The number of amides is 1. The van der Waals surface area contributed by atoms with E-state index in [1.807, 2.05) is 32.9 Å². The molecule has 0 aliphatic carbocycles. The van der Waals surface area contributed by atoms with E-state index in [2.05, 4.69) is 29.1 Å². The van der Waals surface area contributed by atoms with Gasteiger partial charge in [0.05, 0.1) is 11.1 Å². The van der Waals surface area contributed by atoms with Crippen molar-refractivity contribution >= 4 is 16.8 Å². The number of hydrogen-bond acceptors (Lipinski definition) is 3. The molecule has 1 N–H and O–H groups in total. The van der Waals surface area contributed by atoms with E-state index in [4.69, 9.17) is 0 Å². The summed E-state index contributed by atoms with van der Waals surface area (Å²) in [6.45, 7) is 10.1. The van der Waals surface area contributed by atoms with E-state index in [0.29, 0.717) is 17.0 Å². The van der Waals surface area contributed by atoms with Crippen LogP contribution in [0, 0.1) is 0 Å². The van der Waals surface area contributed by atoms with Crippen molar-refractivity contribution in [2.75, 3.05) is 0 Å². The summed E-state index contributed by atoms with van der Waals surface area (Å²) in [7, 11) is 0. The Morgan fingerprint density at radius 3 is 2.55 bits per heavy atom. The van der Waals surface area contributed by atoms with Gasteiger partial charge >= 0.3 is 0 Å². The van der Waals surface area contributed by atoms with Crippen LogP contribution in [0.25, 0.3) is 10.9 Å². The van der Waals surface area contributed by atoms with Crippen LogP contribution >= 0.6 is 0 Å². The Hall–Kier alpha value is -1.97. The molecule has 106 valence electrons. The zero-order chi connectivity index (χ0) is 14.9. The van der Waals surface area contributed by atoms with Crippen LogP contribution in [-0.4, -0.2) is 21.4 Å². The van der Waals surface area contributed by atoms with Crippen LogP contribution in [-0.2, 0) is 0 Å². The number of carbonyl (C=O) groups is 1. The molecular weight excluding hydrogens is 250 g/mol. The normalized spacial score (nSPS) is 11.9. The molecule has 1 aromatic carbocycles. The molecule has 0 atom stereocenters. The fourth-order valence-corrected chi connectivity index (χ4v) is 2.19. The highest BCUT2D eigenvalue weighted by Gasteiger charge is 2.19. The predicted octanol–water partition coefficient (Wildman–Crippen LogP) is 3.28. The Bertz CT molecular complexity index is 642. The highest BCUT2D eigenvalue weighted by Crippen LogP contribution is 2.26. The maximum atomic E-state index is 12.4. The predicted molar refractivity (Wildman–Crippen MR) is 80.8 cm³/mol. The Morgan fingerprint density at radius 1 is 1.25 bits per heavy atom. The zero-order valence-corrected chi connectivity index (χ0v) is 12.7. The fraction of sp³-hybridized carbons (Fsp3) is 0.438. The number of fused-ring (bicyclic) bond motifs is 1. The highest BCUT2D eigenvalue weighted by molar-refractivity contribution is 6.06. The summed E-state index contributed by atoms with van der Waals surface area (Å²) in [5.74, 6) is 0.264. The SMILES string of the molecule is CC(C)c1ccc(C(=O)NC(C)(C)C)c2ncncc12. The second-order valence-electron chi connectivity index (χ2n) is 6.35. The average Bonchev–Trinajstić information content (AvgIpc) is 2.35. The minimum absolute atomic E-state index is 0.100. The van der Waals surface area contributed by atoms with Gasteiger partial charge in [0, 0.05) is 17.1 Å². The van der Waals surface area contributed by atoms with Crippen molar-refractivity contribution in [3.8, 4) is 0 Å². The highest BCUT2D eigenvalue weighted by atomic mass is 16.1. The van der Waals surface area contributed by atoms with E-state index in [1.165, 1.54) is 6.33 Å². The molecule has 1 amide bonds. The molecule has 2 rings (SSSR count). The topological polar surface area (TPSA) is 54.9 Å².